The van der Waals surface area contributed by atoms with Gasteiger partial charge in [0.1, 0.15) is 5.75 Å². The number of hydrogen-bond donors (Lipinski definition) is 1. The number of ether oxygens (including phenoxy) is 1. The summed E-state index contributed by atoms with van der Waals surface area (Å²) in [5.41, 5.74) is 2.90. The van der Waals surface area contributed by atoms with Gasteiger partial charge in [-0.25, -0.2) is 0 Å². The Hall–Kier alpha value is -2.82. The van der Waals surface area contributed by atoms with E-state index in [4.69, 9.17) is 4.74 Å². The van der Waals surface area contributed by atoms with Crippen molar-refractivity contribution in [1.82, 2.24) is 10.2 Å². The van der Waals surface area contributed by atoms with Crippen molar-refractivity contribution in [3.05, 3.63) is 65.2 Å². The molecular weight excluding hydrogens is 364 g/mol. The number of benzene rings is 2. The van der Waals surface area contributed by atoms with E-state index < -0.39 is 0 Å². The summed E-state index contributed by atoms with van der Waals surface area (Å²) in [5, 5.41) is 3.13. The highest BCUT2D eigenvalue weighted by atomic mass is 16.5. The number of nitrogens with zero attached hydrogens (tertiary/aromatic N) is 1. The van der Waals surface area contributed by atoms with Gasteiger partial charge in [-0.15, -0.1) is 0 Å². The van der Waals surface area contributed by atoms with Gasteiger partial charge in [0.2, 0.25) is 5.91 Å². The van der Waals surface area contributed by atoms with Gasteiger partial charge in [0, 0.05) is 31.1 Å². The molecule has 1 saturated heterocycles. The zero-order chi connectivity index (χ0) is 20.4. The van der Waals surface area contributed by atoms with Gasteiger partial charge in [-0.1, -0.05) is 30.3 Å². The van der Waals surface area contributed by atoms with Crippen LogP contribution in [-0.4, -0.2) is 43.5 Å². The molecule has 0 radical (unpaired) electrons. The third-order valence-electron chi connectivity index (χ3n) is 6.11. The Kier molecular flexibility index (Phi) is 5.56. The molecule has 1 saturated carbocycles. The van der Waals surface area contributed by atoms with Crippen molar-refractivity contribution in [2.75, 3.05) is 26.7 Å². The van der Waals surface area contributed by atoms with E-state index in [1.54, 1.807) is 19.2 Å². The summed E-state index contributed by atoms with van der Waals surface area (Å²) in [5.74, 6) is 1.07. The van der Waals surface area contributed by atoms with Gasteiger partial charge < -0.3 is 15.0 Å². The number of hydrogen-bond acceptors (Lipinski definition) is 3. The molecule has 2 aromatic carbocycles. The zero-order valence-corrected chi connectivity index (χ0v) is 17.1. The number of carbonyl (C=O) groups is 2. The molecule has 0 bridgehead atoms. The summed E-state index contributed by atoms with van der Waals surface area (Å²) in [6.07, 6.45) is 2.40. The number of rotatable bonds is 6. The molecule has 1 heterocycles. The van der Waals surface area contributed by atoms with Crippen molar-refractivity contribution >= 4 is 11.8 Å². The summed E-state index contributed by atoms with van der Waals surface area (Å²) in [4.78, 5) is 28.0. The number of likely N-dealkylation sites (tertiary alicyclic amines) is 1. The van der Waals surface area contributed by atoms with E-state index >= 15 is 0 Å². The molecule has 0 spiro atoms. The van der Waals surface area contributed by atoms with Crippen molar-refractivity contribution in [1.29, 1.82) is 0 Å². The van der Waals surface area contributed by atoms with Crippen LogP contribution in [-0.2, 0) is 4.79 Å². The molecule has 2 amide bonds. The first kappa shape index (κ1) is 19.5. The van der Waals surface area contributed by atoms with Crippen LogP contribution in [0.15, 0.2) is 48.5 Å². The Labute approximate surface area is 172 Å². The lowest BCUT2D eigenvalue weighted by Gasteiger charge is -2.20. The molecule has 4 rings (SSSR count). The van der Waals surface area contributed by atoms with Crippen molar-refractivity contribution in [2.45, 2.75) is 25.7 Å². The lowest BCUT2D eigenvalue weighted by molar-refractivity contribution is -0.125. The van der Waals surface area contributed by atoms with E-state index in [1.807, 2.05) is 29.2 Å². The highest BCUT2D eigenvalue weighted by Gasteiger charge is 2.41. The fraction of sp³-hybridized carbons (Fsp3) is 0.417. The fourth-order valence-corrected chi connectivity index (χ4v) is 4.19. The van der Waals surface area contributed by atoms with Gasteiger partial charge in [0.25, 0.3) is 5.91 Å². The summed E-state index contributed by atoms with van der Waals surface area (Å²) < 4.78 is 5.26. The zero-order valence-electron chi connectivity index (χ0n) is 17.1. The second-order valence-electron chi connectivity index (χ2n) is 8.20. The van der Waals surface area contributed by atoms with Gasteiger partial charge in [-0.3, -0.25) is 9.59 Å². The number of methoxy groups -OCH3 is 1. The minimum atomic E-state index is -0.232. The van der Waals surface area contributed by atoms with Crippen LogP contribution < -0.4 is 10.1 Å². The normalized spacial score (nSPS) is 21.1. The first-order valence-corrected chi connectivity index (χ1v) is 10.3. The summed E-state index contributed by atoms with van der Waals surface area (Å²) in [6, 6.07) is 15.4. The molecule has 2 fully saturated rings. The van der Waals surface area contributed by atoms with Gasteiger partial charge in [0.05, 0.1) is 13.0 Å². The van der Waals surface area contributed by atoms with E-state index in [-0.39, 0.29) is 23.7 Å². The van der Waals surface area contributed by atoms with Gasteiger partial charge in [-0.2, -0.15) is 0 Å². The molecule has 0 unspecified atom stereocenters. The highest BCUT2D eigenvalue weighted by Crippen LogP contribution is 2.36. The Morgan fingerprint density at radius 1 is 1.10 bits per heavy atom. The number of carbonyl (C=O) groups excluding carboxylic acids is 2. The first-order chi connectivity index (χ1) is 14.1. The van der Waals surface area contributed by atoms with Crippen LogP contribution >= 0.6 is 0 Å². The quantitative estimate of drug-likeness (QED) is 0.820. The molecule has 5 nitrogen and oxygen atoms in total. The first-order valence-electron chi connectivity index (χ1n) is 10.3. The van der Waals surface area contributed by atoms with Crippen LogP contribution in [0.2, 0.25) is 0 Å². The minimum absolute atomic E-state index is 0.00459. The molecular formula is C24H28N2O3. The molecule has 29 heavy (non-hydrogen) atoms. The SMILES string of the molecule is COc1cccc(C(=O)N2C[C@H](C(=O)NCC3CC3)[C@@H](c3ccccc3C)C2)c1. The van der Waals surface area contributed by atoms with Crippen molar-refractivity contribution in [3.8, 4) is 5.75 Å². The van der Waals surface area contributed by atoms with Crippen LogP contribution in [0.5, 0.6) is 5.75 Å². The molecule has 0 aromatic heterocycles. The van der Waals surface area contributed by atoms with Crippen LogP contribution in [0.25, 0.3) is 0 Å². The number of amides is 2. The third-order valence-corrected chi connectivity index (χ3v) is 6.11. The van der Waals surface area contributed by atoms with Gasteiger partial charge >= 0.3 is 0 Å². The van der Waals surface area contributed by atoms with E-state index in [2.05, 4.69) is 24.4 Å². The molecule has 2 aromatic rings. The molecule has 1 aliphatic heterocycles. The maximum atomic E-state index is 13.2. The van der Waals surface area contributed by atoms with E-state index in [1.165, 1.54) is 12.8 Å². The smallest absolute Gasteiger partial charge is 0.254 e. The second kappa shape index (κ2) is 8.27. The molecule has 1 aliphatic carbocycles. The fourth-order valence-electron chi connectivity index (χ4n) is 4.19. The predicted molar refractivity (Wildman–Crippen MR) is 112 cm³/mol. The van der Waals surface area contributed by atoms with Crippen molar-refractivity contribution < 1.29 is 14.3 Å². The van der Waals surface area contributed by atoms with Crippen LogP contribution in [0.4, 0.5) is 0 Å². The van der Waals surface area contributed by atoms with Gasteiger partial charge in [-0.05, 0) is 55.0 Å². The molecule has 152 valence electrons. The number of aryl methyl sites for hydroxylation is 1. The third kappa shape index (κ3) is 4.29. The van der Waals surface area contributed by atoms with Crippen LogP contribution in [0, 0.1) is 18.8 Å². The maximum Gasteiger partial charge on any atom is 0.254 e. The molecule has 5 heteroatoms. The topological polar surface area (TPSA) is 58.6 Å². The summed E-state index contributed by atoms with van der Waals surface area (Å²) >= 11 is 0. The summed E-state index contributed by atoms with van der Waals surface area (Å²) in [7, 11) is 1.59. The predicted octanol–water partition coefficient (Wildman–Crippen LogP) is 3.39. The Bertz CT molecular complexity index is 907. The van der Waals surface area contributed by atoms with Gasteiger partial charge in [0.15, 0.2) is 0 Å². The monoisotopic (exact) mass is 392 g/mol. The van der Waals surface area contributed by atoms with Crippen LogP contribution in [0.3, 0.4) is 0 Å². The number of nitrogens with one attached hydrogen (secondary N) is 1. The lowest BCUT2D eigenvalue weighted by atomic mass is 9.86. The molecule has 1 N–H and O–H groups in total. The maximum absolute atomic E-state index is 13.2. The van der Waals surface area contributed by atoms with E-state index in [9.17, 15) is 9.59 Å². The summed E-state index contributed by atoms with van der Waals surface area (Å²) in [6.45, 7) is 3.80. The highest BCUT2D eigenvalue weighted by molar-refractivity contribution is 5.95. The average Bonchev–Trinajstić information content (AvgIpc) is 3.48. The Morgan fingerprint density at radius 2 is 1.90 bits per heavy atom. The van der Waals surface area contributed by atoms with Crippen LogP contribution in [0.1, 0.15) is 40.2 Å². The van der Waals surface area contributed by atoms with E-state index in [0.717, 1.165) is 17.7 Å². The lowest BCUT2D eigenvalue weighted by Crippen LogP contribution is -2.36. The van der Waals surface area contributed by atoms with Crippen molar-refractivity contribution in [3.63, 3.8) is 0 Å². The molecule has 2 aliphatic rings. The minimum Gasteiger partial charge on any atom is -0.497 e. The largest absolute Gasteiger partial charge is 0.497 e. The van der Waals surface area contributed by atoms with E-state index in [0.29, 0.717) is 30.3 Å². The standard InChI is InChI=1S/C24H28N2O3/c1-16-6-3-4-9-20(16)21-14-26(15-22(21)23(27)25-13-17-10-11-17)24(28)18-7-5-8-19(12-18)29-2/h3-9,12,17,21-22H,10-11,13-15H2,1-2H3,(H,25,27)/t21-,22+/m1/s1. The molecule has 2 atom stereocenters. The average molecular weight is 392 g/mol. The van der Waals surface area contributed by atoms with Crippen molar-refractivity contribution in [2.24, 2.45) is 11.8 Å². The Balaban J connectivity index is 1.57. The second-order valence-corrected chi connectivity index (χ2v) is 8.20. The Morgan fingerprint density at radius 3 is 2.62 bits per heavy atom.